The summed E-state index contributed by atoms with van der Waals surface area (Å²) in [6.07, 6.45) is 8.00. The second-order valence-electron chi connectivity index (χ2n) is 3.73. The van der Waals surface area contributed by atoms with Gasteiger partial charge in [0.1, 0.15) is 6.33 Å². The Morgan fingerprint density at radius 2 is 2.00 bits per heavy atom. The van der Waals surface area contributed by atoms with Gasteiger partial charge in [0.05, 0.1) is 0 Å². The van der Waals surface area contributed by atoms with Crippen molar-refractivity contribution >= 4 is 15.9 Å². The fourth-order valence-electron chi connectivity index (χ4n) is 2.09. The summed E-state index contributed by atoms with van der Waals surface area (Å²) in [7, 11) is 0. The molecule has 1 aromatic rings. The Kier molecular flexibility index (Phi) is 2.63. The number of hydrogen-bond donors (Lipinski definition) is 0. The van der Waals surface area contributed by atoms with Crippen LogP contribution in [0.15, 0.2) is 18.7 Å². The molecule has 0 radical (unpaired) electrons. The van der Waals surface area contributed by atoms with Gasteiger partial charge in [0, 0.05) is 17.2 Å². The van der Waals surface area contributed by atoms with Gasteiger partial charge in [-0.1, -0.05) is 22.9 Å². The Hall–Kier alpha value is -0.440. The van der Waals surface area contributed by atoms with Crippen LogP contribution in [0.5, 0.6) is 0 Å². The van der Waals surface area contributed by atoms with Gasteiger partial charge in [0.2, 0.25) is 0 Å². The topological polar surface area (TPSA) is 25.8 Å². The number of aromatic nitrogens is 2. The van der Waals surface area contributed by atoms with Gasteiger partial charge in [-0.2, -0.15) is 0 Å². The summed E-state index contributed by atoms with van der Waals surface area (Å²) in [6, 6.07) is 0. The molecule has 3 heteroatoms. The lowest BCUT2D eigenvalue weighted by Gasteiger charge is -2.16. The highest BCUT2D eigenvalue weighted by Gasteiger charge is 2.32. The molecule has 13 heavy (non-hydrogen) atoms. The lowest BCUT2D eigenvalue weighted by atomic mass is 9.92. The molecule has 2 rings (SSSR count). The van der Waals surface area contributed by atoms with Crippen LogP contribution >= 0.6 is 15.9 Å². The number of alkyl halides is 1. The minimum Gasteiger partial charge on any atom is -0.245 e. The van der Waals surface area contributed by atoms with Crippen molar-refractivity contribution in [1.82, 2.24) is 9.97 Å². The van der Waals surface area contributed by atoms with Crippen LogP contribution in [-0.2, 0) is 0 Å². The minimum absolute atomic E-state index is 0.644. The first kappa shape index (κ1) is 9.13. The van der Waals surface area contributed by atoms with Crippen LogP contribution in [-0.4, -0.2) is 14.8 Å². The molecule has 1 fully saturated rings. The molecule has 1 heterocycles. The summed E-state index contributed by atoms with van der Waals surface area (Å²) >= 11 is 3.70. The Morgan fingerprint density at radius 3 is 2.54 bits per heavy atom. The first-order chi connectivity index (χ1) is 6.29. The zero-order chi connectivity index (χ0) is 9.26. The number of halogens is 1. The molecule has 1 aliphatic carbocycles. The van der Waals surface area contributed by atoms with Crippen LogP contribution in [0.3, 0.4) is 0 Å². The Labute approximate surface area is 86.9 Å². The number of hydrogen-bond acceptors (Lipinski definition) is 2. The maximum Gasteiger partial charge on any atom is 0.115 e. The molecule has 70 valence electrons. The summed E-state index contributed by atoms with van der Waals surface area (Å²) in [5.74, 6) is 1.34. The minimum atomic E-state index is 0.644. The summed E-state index contributed by atoms with van der Waals surface area (Å²) < 4.78 is 0. The summed E-state index contributed by atoms with van der Waals surface area (Å²) in [4.78, 5) is 8.79. The van der Waals surface area contributed by atoms with Crippen LogP contribution in [0.2, 0.25) is 0 Å². The number of nitrogens with zero attached hydrogens (tertiary/aromatic N) is 2. The van der Waals surface area contributed by atoms with E-state index in [0.29, 0.717) is 16.7 Å². The van der Waals surface area contributed by atoms with Crippen molar-refractivity contribution in [3.63, 3.8) is 0 Å². The second-order valence-corrected chi connectivity index (χ2v) is 4.91. The van der Waals surface area contributed by atoms with E-state index in [9.17, 15) is 0 Å². The maximum absolute atomic E-state index is 4.06. The van der Waals surface area contributed by atoms with Gasteiger partial charge in [-0.05, 0) is 30.2 Å². The lowest BCUT2D eigenvalue weighted by molar-refractivity contribution is 0.541. The highest BCUT2D eigenvalue weighted by atomic mass is 79.9. The van der Waals surface area contributed by atoms with Crippen LogP contribution < -0.4 is 0 Å². The monoisotopic (exact) mass is 240 g/mol. The van der Waals surface area contributed by atoms with E-state index in [-0.39, 0.29) is 0 Å². The zero-order valence-corrected chi connectivity index (χ0v) is 9.24. The molecule has 0 aromatic carbocycles. The SMILES string of the molecule is CC1C(Br)CCC1c1cncnc1. The molecule has 0 N–H and O–H groups in total. The molecule has 0 aliphatic heterocycles. The van der Waals surface area contributed by atoms with Crippen molar-refractivity contribution in [1.29, 1.82) is 0 Å². The predicted molar refractivity (Wildman–Crippen MR) is 55.9 cm³/mol. The Morgan fingerprint density at radius 1 is 1.31 bits per heavy atom. The van der Waals surface area contributed by atoms with Crippen LogP contribution in [0.4, 0.5) is 0 Å². The van der Waals surface area contributed by atoms with E-state index in [2.05, 4.69) is 32.8 Å². The van der Waals surface area contributed by atoms with E-state index < -0.39 is 0 Å². The molecular weight excluding hydrogens is 228 g/mol. The van der Waals surface area contributed by atoms with Gasteiger partial charge in [0.25, 0.3) is 0 Å². The van der Waals surface area contributed by atoms with Crippen molar-refractivity contribution in [2.45, 2.75) is 30.5 Å². The van der Waals surface area contributed by atoms with Gasteiger partial charge in [-0.25, -0.2) is 9.97 Å². The first-order valence-corrected chi connectivity index (χ1v) is 5.59. The fourth-order valence-corrected chi connectivity index (χ4v) is 2.72. The maximum atomic E-state index is 4.06. The first-order valence-electron chi connectivity index (χ1n) is 4.68. The molecule has 0 saturated heterocycles. The highest BCUT2D eigenvalue weighted by Crippen LogP contribution is 2.42. The van der Waals surface area contributed by atoms with Crippen molar-refractivity contribution in [2.75, 3.05) is 0 Å². The van der Waals surface area contributed by atoms with E-state index in [1.807, 2.05) is 12.4 Å². The smallest absolute Gasteiger partial charge is 0.115 e. The number of rotatable bonds is 1. The molecule has 1 saturated carbocycles. The van der Waals surface area contributed by atoms with Gasteiger partial charge in [-0.15, -0.1) is 0 Å². The quantitative estimate of drug-likeness (QED) is 0.706. The van der Waals surface area contributed by atoms with Crippen molar-refractivity contribution in [2.24, 2.45) is 5.92 Å². The van der Waals surface area contributed by atoms with Crippen molar-refractivity contribution in [3.05, 3.63) is 24.3 Å². The Bertz CT molecular complexity index is 276. The Balaban J connectivity index is 2.19. The van der Waals surface area contributed by atoms with Crippen LogP contribution in [0, 0.1) is 5.92 Å². The summed E-state index contributed by atoms with van der Waals surface area (Å²) in [5.41, 5.74) is 1.29. The standard InChI is InChI=1S/C10H13BrN2/c1-7-9(2-3-10(7)11)8-4-12-6-13-5-8/h4-7,9-10H,2-3H2,1H3. The van der Waals surface area contributed by atoms with E-state index >= 15 is 0 Å². The molecule has 2 nitrogen and oxygen atoms in total. The molecule has 1 aliphatic rings. The van der Waals surface area contributed by atoms with E-state index in [1.54, 1.807) is 6.33 Å². The molecule has 3 atom stereocenters. The van der Waals surface area contributed by atoms with Gasteiger partial charge in [-0.3, -0.25) is 0 Å². The predicted octanol–water partition coefficient (Wildman–Crippen LogP) is 2.75. The van der Waals surface area contributed by atoms with Gasteiger partial charge < -0.3 is 0 Å². The molecule has 0 bridgehead atoms. The van der Waals surface area contributed by atoms with E-state index in [1.165, 1.54) is 18.4 Å². The van der Waals surface area contributed by atoms with E-state index in [0.717, 1.165) is 0 Å². The van der Waals surface area contributed by atoms with E-state index in [4.69, 9.17) is 0 Å². The largest absolute Gasteiger partial charge is 0.245 e. The summed E-state index contributed by atoms with van der Waals surface area (Å²) in [5, 5.41) is 0. The third kappa shape index (κ3) is 1.75. The average Bonchev–Trinajstić information content (AvgIpc) is 2.49. The van der Waals surface area contributed by atoms with Crippen LogP contribution in [0.1, 0.15) is 31.2 Å². The highest BCUT2D eigenvalue weighted by molar-refractivity contribution is 9.09. The zero-order valence-electron chi connectivity index (χ0n) is 7.65. The van der Waals surface area contributed by atoms with Crippen LogP contribution in [0.25, 0.3) is 0 Å². The van der Waals surface area contributed by atoms with Crippen molar-refractivity contribution in [3.8, 4) is 0 Å². The van der Waals surface area contributed by atoms with Gasteiger partial charge in [0.15, 0.2) is 0 Å². The van der Waals surface area contributed by atoms with Crippen molar-refractivity contribution < 1.29 is 0 Å². The molecule has 0 spiro atoms. The third-order valence-corrected chi connectivity index (χ3v) is 4.26. The molecule has 1 aromatic heterocycles. The third-order valence-electron chi connectivity index (χ3n) is 2.97. The summed E-state index contributed by atoms with van der Waals surface area (Å²) in [6.45, 7) is 2.30. The van der Waals surface area contributed by atoms with Gasteiger partial charge >= 0.3 is 0 Å². The molecule has 3 unspecified atom stereocenters. The molecular formula is C10H13BrN2. The second kappa shape index (κ2) is 3.74. The normalized spacial score (nSPS) is 33.5. The molecule has 0 amide bonds. The average molecular weight is 241 g/mol. The lowest BCUT2D eigenvalue weighted by Crippen LogP contribution is -2.09. The fraction of sp³-hybridized carbons (Fsp3) is 0.600.